The monoisotopic (exact) mass is 499 g/mol. The summed E-state index contributed by atoms with van der Waals surface area (Å²) in [5.41, 5.74) is 3.23. The molecule has 4 aromatic rings. The van der Waals surface area contributed by atoms with E-state index in [2.05, 4.69) is 0 Å². The lowest BCUT2D eigenvalue weighted by Gasteiger charge is -2.48. The van der Waals surface area contributed by atoms with E-state index in [-0.39, 0.29) is 29.5 Å². The molecule has 4 aromatic carbocycles. The van der Waals surface area contributed by atoms with E-state index < -0.39 is 6.10 Å². The fourth-order valence-electron chi connectivity index (χ4n) is 4.79. The third kappa shape index (κ3) is 5.54. The third-order valence-corrected chi connectivity index (χ3v) is 6.79. The van der Waals surface area contributed by atoms with Crippen LogP contribution in [0.3, 0.4) is 0 Å². The zero-order valence-corrected chi connectivity index (χ0v) is 20.1. The highest BCUT2D eigenvalue weighted by Crippen LogP contribution is 2.46. The Hall–Kier alpha value is -4.03. The van der Waals surface area contributed by atoms with E-state index in [9.17, 15) is 18.7 Å². The molecule has 0 aliphatic carbocycles. The molecule has 0 spiro atoms. The Morgan fingerprint density at radius 3 is 2.08 bits per heavy atom. The highest BCUT2D eigenvalue weighted by Gasteiger charge is 2.48. The Kier molecular flexibility index (Phi) is 7.28. The molecule has 3 atom stereocenters. The molecule has 1 amide bonds. The third-order valence-electron chi connectivity index (χ3n) is 6.79. The molecule has 0 bridgehead atoms. The van der Waals surface area contributed by atoms with Crippen LogP contribution in [-0.2, 0) is 11.4 Å². The summed E-state index contributed by atoms with van der Waals surface area (Å²) >= 11 is 0. The van der Waals surface area contributed by atoms with Gasteiger partial charge in [-0.1, -0.05) is 54.6 Å². The fraction of sp³-hybridized carbons (Fsp3) is 0.194. The molecule has 188 valence electrons. The SMILES string of the molecule is O=C1[C@H](CC[C@@H](O)c2ccc(F)cc2)[C@@H](c2ccc(OCc3ccccc3)cc2)N1c1ccc(F)cc1. The van der Waals surface area contributed by atoms with E-state index >= 15 is 0 Å². The second-order valence-corrected chi connectivity index (χ2v) is 9.22. The molecule has 1 aliphatic rings. The van der Waals surface area contributed by atoms with Crippen molar-refractivity contribution in [1.29, 1.82) is 0 Å². The number of aliphatic hydroxyl groups excluding tert-OH is 1. The minimum Gasteiger partial charge on any atom is -0.489 e. The van der Waals surface area contributed by atoms with E-state index in [0.717, 1.165) is 16.9 Å². The van der Waals surface area contributed by atoms with Gasteiger partial charge in [-0.2, -0.15) is 0 Å². The van der Waals surface area contributed by atoms with Crippen molar-refractivity contribution in [2.24, 2.45) is 5.92 Å². The number of halogens is 2. The molecule has 1 aliphatic heterocycles. The van der Waals surface area contributed by atoms with Crippen LogP contribution in [0.5, 0.6) is 5.75 Å². The summed E-state index contributed by atoms with van der Waals surface area (Å²) in [7, 11) is 0. The summed E-state index contributed by atoms with van der Waals surface area (Å²) in [6, 6.07) is 28.9. The van der Waals surface area contributed by atoms with Gasteiger partial charge in [-0.25, -0.2) is 8.78 Å². The highest BCUT2D eigenvalue weighted by molar-refractivity contribution is 6.03. The Morgan fingerprint density at radius 2 is 1.43 bits per heavy atom. The van der Waals surface area contributed by atoms with Crippen LogP contribution in [-0.4, -0.2) is 11.0 Å². The smallest absolute Gasteiger partial charge is 0.233 e. The van der Waals surface area contributed by atoms with Gasteiger partial charge < -0.3 is 14.7 Å². The van der Waals surface area contributed by atoms with Gasteiger partial charge in [-0.15, -0.1) is 0 Å². The molecule has 0 unspecified atom stereocenters. The number of rotatable bonds is 9. The van der Waals surface area contributed by atoms with E-state index in [1.165, 1.54) is 24.3 Å². The minimum atomic E-state index is -0.803. The van der Waals surface area contributed by atoms with Crippen molar-refractivity contribution in [3.8, 4) is 5.75 Å². The molecule has 5 rings (SSSR count). The van der Waals surface area contributed by atoms with Crippen LogP contribution in [0.4, 0.5) is 14.5 Å². The van der Waals surface area contributed by atoms with Gasteiger partial charge in [0, 0.05) is 5.69 Å². The number of carbonyl (C=O) groups excluding carboxylic acids is 1. The molecule has 0 aromatic heterocycles. The van der Waals surface area contributed by atoms with E-state index in [1.807, 2.05) is 54.6 Å². The van der Waals surface area contributed by atoms with Gasteiger partial charge in [-0.3, -0.25) is 4.79 Å². The summed E-state index contributed by atoms with van der Waals surface area (Å²) < 4.78 is 32.7. The Balaban J connectivity index is 1.32. The zero-order valence-electron chi connectivity index (χ0n) is 20.1. The number of amides is 1. The van der Waals surface area contributed by atoms with E-state index in [1.54, 1.807) is 29.2 Å². The normalized spacial score (nSPS) is 17.8. The first-order chi connectivity index (χ1) is 18.0. The van der Waals surface area contributed by atoms with E-state index in [4.69, 9.17) is 4.74 Å². The molecule has 37 heavy (non-hydrogen) atoms. The average molecular weight is 500 g/mol. The lowest BCUT2D eigenvalue weighted by molar-refractivity contribution is -0.131. The number of hydrogen-bond donors (Lipinski definition) is 1. The summed E-state index contributed by atoms with van der Waals surface area (Å²) in [5.74, 6) is -0.443. The first kappa shape index (κ1) is 24.7. The van der Waals surface area contributed by atoms with Crippen molar-refractivity contribution in [3.05, 3.63) is 131 Å². The maximum absolute atomic E-state index is 13.5. The largest absolute Gasteiger partial charge is 0.489 e. The first-order valence-corrected chi connectivity index (χ1v) is 12.3. The number of ether oxygens (including phenoxy) is 1. The standard InChI is InChI=1S/C31H27F2NO3/c32-24-10-6-22(7-11-24)29(35)19-18-28-30(34(31(28)36)26-14-12-25(33)13-15-26)23-8-16-27(17-9-23)37-20-21-4-2-1-3-5-21/h1-17,28-30,35H,18-20H2/t28-,29-,30-/m1/s1. The number of aliphatic hydroxyl groups is 1. The van der Waals surface area contributed by atoms with Gasteiger partial charge in [0.25, 0.3) is 0 Å². The van der Waals surface area contributed by atoms with Crippen molar-refractivity contribution in [3.63, 3.8) is 0 Å². The van der Waals surface area contributed by atoms with Gasteiger partial charge in [0.05, 0.1) is 18.1 Å². The van der Waals surface area contributed by atoms with Gasteiger partial charge >= 0.3 is 0 Å². The van der Waals surface area contributed by atoms with Crippen molar-refractivity contribution in [2.45, 2.75) is 31.6 Å². The maximum Gasteiger partial charge on any atom is 0.233 e. The summed E-state index contributed by atoms with van der Waals surface area (Å²) in [4.78, 5) is 14.9. The second-order valence-electron chi connectivity index (χ2n) is 9.22. The Morgan fingerprint density at radius 1 is 0.811 bits per heavy atom. The lowest BCUT2D eigenvalue weighted by Crippen LogP contribution is -2.55. The molecule has 1 N–H and O–H groups in total. The first-order valence-electron chi connectivity index (χ1n) is 12.3. The molecule has 6 heteroatoms. The molecule has 4 nitrogen and oxygen atoms in total. The number of anilines is 1. The molecule has 0 saturated carbocycles. The van der Waals surface area contributed by atoms with Crippen LogP contribution in [0.15, 0.2) is 103 Å². The van der Waals surface area contributed by atoms with Gasteiger partial charge in [0.2, 0.25) is 5.91 Å². The Labute approximate surface area is 214 Å². The number of hydrogen-bond acceptors (Lipinski definition) is 3. The topological polar surface area (TPSA) is 49.8 Å². The van der Waals surface area contributed by atoms with E-state index in [0.29, 0.717) is 30.7 Å². The summed E-state index contributed by atoms with van der Waals surface area (Å²) in [6.45, 7) is 0.452. The molecule has 1 heterocycles. The number of benzene rings is 4. The second kappa shape index (κ2) is 10.9. The summed E-state index contributed by atoms with van der Waals surface area (Å²) in [6.07, 6.45) is 0.00255. The van der Waals surface area contributed by atoms with Crippen LogP contribution in [0, 0.1) is 17.6 Å². The van der Waals surface area contributed by atoms with Crippen molar-refractivity contribution in [1.82, 2.24) is 0 Å². The highest BCUT2D eigenvalue weighted by atomic mass is 19.1. The zero-order chi connectivity index (χ0) is 25.8. The van der Waals surface area contributed by atoms with Crippen LogP contribution in [0.1, 0.15) is 41.7 Å². The number of nitrogens with zero attached hydrogens (tertiary/aromatic N) is 1. The predicted octanol–water partition coefficient (Wildman–Crippen LogP) is 6.76. The predicted molar refractivity (Wildman–Crippen MR) is 138 cm³/mol. The molecular formula is C31H27F2NO3. The maximum atomic E-state index is 13.5. The minimum absolute atomic E-state index is 0.0766. The van der Waals surface area contributed by atoms with Crippen LogP contribution >= 0.6 is 0 Å². The molecular weight excluding hydrogens is 472 g/mol. The average Bonchev–Trinajstić information content (AvgIpc) is 2.93. The Bertz CT molecular complexity index is 1330. The van der Waals surface area contributed by atoms with Crippen molar-refractivity contribution in [2.75, 3.05) is 4.90 Å². The van der Waals surface area contributed by atoms with Crippen LogP contribution < -0.4 is 9.64 Å². The lowest BCUT2D eigenvalue weighted by atomic mass is 9.78. The number of carbonyl (C=O) groups is 1. The van der Waals surface area contributed by atoms with Crippen molar-refractivity contribution < 1.29 is 23.4 Å². The molecule has 0 radical (unpaired) electrons. The summed E-state index contributed by atoms with van der Waals surface area (Å²) in [5, 5.41) is 10.6. The van der Waals surface area contributed by atoms with Crippen LogP contribution in [0.25, 0.3) is 0 Å². The molecule has 1 fully saturated rings. The quantitative estimate of drug-likeness (QED) is 0.259. The van der Waals surface area contributed by atoms with Crippen LogP contribution in [0.2, 0.25) is 0 Å². The van der Waals surface area contributed by atoms with Crippen molar-refractivity contribution >= 4 is 11.6 Å². The molecule has 1 saturated heterocycles. The van der Waals surface area contributed by atoms with Gasteiger partial charge in [0.1, 0.15) is 24.0 Å². The van der Waals surface area contributed by atoms with Gasteiger partial charge in [0.15, 0.2) is 0 Å². The van der Waals surface area contributed by atoms with Gasteiger partial charge in [-0.05, 0) is 78.1 Å². The number of β-lactam (4-membered cyclic amide) rings is 1. The fourth-order valence-corrected chi connectivity index (χ4v) is 4.79.